The zero-order chi connectivity index (χ0) is 13.8. The summed E-state index contributed by atoms with van der Waals surface area (Å²) in [5, 5.41) is 13.0. The van der Waals surface area contributed by atoms with Crippen molar-refractivity contribution >= 4 is 11.8 Å². The van der Waals surface area contributed by atoms with E-state index in [-0.39, 0.29) is 11.6 Å². The van der Waals surface area contributed by atoms with Gasteiger partial charge in [0.2, 0.25) is 0 Å². The second kappa shape index (κ2) is 6.03. The molecule has 0 saturated carbocycles. The number of nitriles is 1. The number of aromatic nitrogens is 2. The van der Waals surface area contributed by atoms with Crippen LogP contribution in [0.2, 0.25) is 0 Å². The lowest BCUT2D eigenvalue weighted by Crippen LogP contribution is -2.47. The zero-order valence-electron chi connectivity index (χ0n) is 11.1. The van der Waals surface area contributed by atoms with Gasteiger partial charge in [-0.2, -0.15) is 5.26 Å². The van der Waals surface area contributed by atoms with Crippen molar-refractivity contribution in [3.05, 3.63) is 22.1 Å². The van der Waals surface area contributed by atoms with Crippen LogP contribution in [0, 0.1) is 18.3 Å². The van der Waals surface area contributed by atoms with Gasteiger partial charge in [0.25, 0.3) is 5.56 Å². The van der Waals surface area contributed by atoms with Crippen LogP contribution in [0.5, 0.6) is 0 Å². The Morgan fingerprint density at radius 2 is 2.33 bits per heavy atom. The van der Waals surface area contributed by atoms with E-state index in [1.54, 1.807) is 6.92 Å². The van der Waals surface area contributed by atoms with Gasteiger partial charge >= 0.3 is 0 Å². The van der Waals surface area contributed by atoms with Gasteiger partial charge in [-0.1, -0.05) is 11.8 Å². The Morgan fingerprint density at radius 3 is 2.83 bits per heavy atom. The van der Waals surface area contributed by atoms with Crippen LogP contribution in [-0.4, -0.2) is 27.3 Å². The average Bonchev–Trinajstić information content (AvgIpc) is 2.24. The summed E-state index contributed by atoms with van der Waals surface area (Å²) in [6, 6.07) is 3.92. The van der Waals surface area contributed by atoms with Gasteiger partial charge in [-0.3, -0.25) is 10.1 Å². The molecule has 1 atom stereocenters. The number of thioether (sulfide) groups is 1. The summed E-state index contributed by atoms with van der Waals surface area (Å²) >= 11 is 1.37. The fourth-order valence-electron chi connectivity index (χ4n) is 1.58. The van der Waals surface area contributed by atoms with Crippen LogP contribution in [0.15, 0.2) is 16.0 Å². The van der Waals surface area contributed by atoms with Crippen molar-refractivity contribution in [3.63, 3.8) is 0 Å². The number of hydrogen-bond acceptors (Lipinski definition) is 5. The highest BCUT2D eigenvalue weighted by Gasteiger charge is 2.25. The highest BCUT2D eigenvalue weighted by Crippen LogP contribution is 2.18. The van der Waals surface area contributed by atoms with Crippen molar-refractivity contribution < 1.29 is 0 Å². The number of rotatable bonds is 5. The lowest BCUT2D eigenvalue weighted by Gasteiger charge is -2.25. The highest BCUT2D eigenvalue weighted by atomic mass is 32.2. The SMILES string of the molecule is Cc1cc(=O)[nH]c(SCC(C)(C#N)NC(C)C)n1. The maximum atomic E-state index is 11.3. The third-order valence-electron chi connectivity index (χ3n) is 2.20. The first-order chi connectivity index (χ1) is 8.34. The van der Waals surface area contributed by atoms with Crippen molar-refractivity contribution in [2.75, 3.05) is 5.75 Å². The molecule has 1 aromatic rings. The molecule has 0 aliphatic heterocycles. The lowest BCUT2D eigenvalue weighted by molar-refractivity contribution is 0.443. The predicted molar refractivity (Wildman–Crippen MR) is 72.6 cm³/mol. The van der Waals surface area contributed by atoms with E-state index in [9.17, 15) is 10.1 Å². The summed E-state index contributed by atoms with van der Waals surface area (Å²) < 4.78 is 0. The molecule has 0 aliphatic rings. The Bertz CT molecular complexity index is 506. The van der Waals surface area contributed by atoms with Gasteiger partial charge < -0.3 is 4.98 Å². The van der Waals surface area contributed by atoms with Crippen molar-refractivity contribution in [2.45, 2.75) is 44.4 Å². The summed E-state index contributed by atoms with van der Waals surface area (Å²) in [5.74, 6) is 0.522. The van der Waals surface area contributed by atoms with Crippen molar-refractivity contribution in [2.24, 2.45) is 0 Å². The quantitative estimate of drug-likeness (QED) is 0.622. The Balaban J connectivity index is 2.74. The number of nitrogens with zero attached hydrogens (tertiary/aromatic N) is 2. The molecule has 0 amide bonds. The molecule has 98 valence electrons. The Hall–Kier alpha value is -1.32. The molecule has 1 unspecified atom stereocenters. The molecule has 6 heteroatoms. The van der Waals surface area contributed by atoms with E-state index < -0.39 is 5.54 Å². The van der Waals surface area contributed by atoms with E-state index in [2.05, 4.69) is 21.4 Å². The van der Waals surface area contributed by atoms with Crippen molar-refractivity contribution in [3.8, 4) is 6.07 Å². The first kappa shape index (κ1) is 14.7. The molecule has 5 nitrogen and oxygen atoms in total. The predicted octanol–water partition coefficient (Wildman–Crippen LogP) is 1.45. The van der Waals surface area contributed by atoms with Crippen LogP contribution in [-0.2, 0) is 0 Å². The minimum Gasteiger partial charge on any atom is -0.301 e. The molecule has 1 heterocycles. The summed E-state index contributed by atoms with van der Waals surface area (Å²) in [5.41, 5.74) is -0.126. The first-order valence-corrected chi connectivity index (χ1v) is 6.73. The first-order valence-electron chi connectivity index (χ1n) is 5.74. The topological polar surface area (TPSA) is 81.6 Å². The number of aryl methyl sites for hydroxylation is 1. The fourth-order valence-corrected chi connectivity index (χ4v) is 2.53. The molecule has 18 heavy (non-hydrogen) atoms. The molecule has 1 aromatic heterocycles. The summed E-state index contributed by atoms with van der Waals surface area (Å²) in [6.07, 6.45) is 0. The third-order valence-corrected chi connectivity index (χ3v) is 3.39. The van der Waals surface area contributed by atoms with E-state index in [0.29, 0.717) is 16.6 Å². The minimum atomic E-state index is -0.638. The van der Waals surface area contributed by atoms with Crippen LogP contribution < -0.4 is 10.9 Å². The van der Waals surface area contributed by atoms with Crippen LogP contribution in [0.1, 0.15) is 26.5 Å². The normalized spacial score (nSPS) is 14.2. The monoisotopic (exact) mass is 266 g/mol. The molecule has 0 aromatic carbocycles. The van der Waals surface area contributed by atoms with E-state index in [0.717, 1.165) is 0 Å². The highest BCUT2D eigenvalue weighted by molar-refractivity contribution is 7.99. The maximum absolute atomic E-state index is 11.3. The maximum Gasteiger partial charge on any atom is 0.251 e. The smallest absolute Gasteiger partial charge is 0.251 e. The largest absolute Gasteiger partial charge is 0.301 e. The lowest BCUT2D eigenvalue weighted by atomic mass is 10.1. The standard InChI is InChI=1S/C12H18N4OS/c1-8(2)16-12(4,6-13)7-18-11-14-9(3)5-10(17)15-11/h5,8,16H,7H2,1-4H3,(H,14,15,17). The summed E-state index contributed by atoms with van der Waals surface area (Å²) in [4.78, 5) is 18.2. The van der Waals surface area contributed by atoms with Gasteiger partial charge in [-0.15, -0.1) is 0 Å². The summed E-state index contributed by atoms with van der Waals surface area (Å²) in [6.45, 7) is 7.60. The van der Waals surface area contributed by atoms with Crippen molar-refractivity contribution in [1.82, 2.24) is 15.3 Å². The molecule has 1 rings (SSSR count). The number of hydrogen-bond donors (Lipinski definition) is 2. The fraction of sp³-hybridized carbons (Fsp3) is 0.583. The third kappa shape index (κ3) is 4.51. The van der Waals surface area contributed by atoms with E-state index in [1.165, 1.54) is 17.8 Å². The Labute approximate surface area is 111 Å². The molecular formula is C12H18N4OS. The average molecular weight is 266 g/mol. The van der Waals surface area contributed by atoms with Gasteiger partial charge in [-0.25, -0.2) is 4.98 Å². The van der Waals surface area contributed by atoms with E-state index in [4.69, 9.17) is 0 Å². The van der Waals surface area contributed by atoms with E-state index in [1.807, 2.05) is 20.8 Å². The van der Waals surface area contributed by atoms with Gasteiger partial charge in [0.1, 0.15) is 5.54 Å². The minimum absolute atomic E-state index is 0.166. The van der Waals surface area contributed by atoms with Gasteiger partial charge in [0.05, 0.1) is 6.07 Å². The van der Waals surface area contributed by atoms with Crippen LogP contribution in [0.4, 0.5) is 0 Å². The van der Waals surface area contributed by atoms with Gasteiger partial charge in [0.15, 0.2) is 5.16 Å². The number of aromatic amines is 1. The molecule has 0 saturated heterocycles. The van der Waals surface area contributed by atoms with Crippen LogP contribution in [0.25, 0.3) is 0 Å². The molecule has 0 aliphatic carbocycles. The second-order valence-corrected chi connectivity index (χ2v) is 5.69. The molecule has 0 fully saturated rings. The number of nitrogens with one attached hydrogen (secondary N) is 2. The molecular weight excluding hydrogens is 248 g/mol. The zero-order valence-corrected chi connectivity index (χ0v) is 11.9. The van der Waals surface area contributed by atoms with Crippen LogP contribution >= 0.6 is 11.8 Å². The molecule has 0 radical (unpaired) electrons. The van der Waals surface area contributed by atoms with Gasteiger partial charge in [-0.05, 0) is 27.7 Å². The molecule has 2 N–H and O–H groups in total. The Morgan fingerprint density at radius 1 is 1.67 bits per heavy atom. The summed E-state index contributed by atoms with van der Waals surface area (Å²) in [7, 11) is 0. The molecule has 0 bridgehead atoms. The van der Waals surface area contributed by atoms with E-state index >= 15 is 0 Å². The molecule has 0 spiro atoms. The Kier molecular flexibility index (Phi) is 4.93. The van der Waals surface area contributed by atoms with Crippen molar-refractivity contribution in [1.29, 1.82) is 5.26 Å². The van der Waals surface area contributed by atoms with Crippen LogP contribution in [0.3, 0.4) is 0 Å². The number of H-pyrrole nitrogens is 1. The second-order valence-electron chi connectivity index (χ2n) is 4.72. The van der Waals surface area contributed by atoms with Gasteiger partial charge in [0, 0.05) is 23.6 Å².